The van der Waals surface area contributed by atoms with Gasteiger partial charge in [0.05, 0.1) is 29.5 Å². The standard InChI is InChI=1S/C39H71NO9Si/c1-19-31(49-50(17,18)36(7,8)9)38(12,43)21-20-30(41)24(2)23-39(13,44-16)33(27(5)32-28(6)34(42)48-37(10,11)47-32)46-35-26(4)29(40(14)15)22-25(3)45-35/h20-21,24-27,29,31,33,35,43H,19,22-23H2,1-18H3/b21-20+/t24-,25-,26?,27+,29?,31-,33-,35+,38+,39-/m1/s1. The third kappa shape index (κ3) is 10.7. The first kappa shape index (κ1) is 44.6. The van der Waals surface area contributed by atoms with Gasteiger partial charge in [-0.05, 0) is 91.3 Å². The largest absolute Gasteiger partial charge is 0.456 e. The van der Waals surface area contributed by atoms with E-state index in [1.165, 1.54) is 6.08 Å². The average molecular weight is 726 g/mol. The van der Waals surface area contributed by atoms with Gasteiger partial charge in [0.25, 0.3) is 0 Å². The second-order valence-electron chi connectivity index (χ2n) is 17.5. The summed E-state index contributed by atoms with van der Waals surface area (Å²) in [4.78, 5) is 28.9. The molecule has 0 saturated carbocycles. The number of rotatable bonds is 16. The first-order valence-electron chi connectivity index (χ1n) is 18.4. The Balaban J connectivity index is 2.48. The van der Waals surface area contributed by atoms with Crippen LogP contribution < -0.4 is 0 Å². The van der Waals surface area contributed by atoms with Crippen LogP contribution in [0.15, 0.2) is 23.5 Å². The number of hydrogen-bond acceptors (Lipinski definition) is 10. The van der Waals surface area contributed by atoms with Gasteiger partial charge in [-0.1, -0.05) is 48.5 Å². The lowest BCUT2D eigenvalue weighted by molar-refractivity contribution is -0.284. The molecule has 1 saturated heterocycles. The highest BCUT2D eigenvalue weighted by Crippen LogP contribution is 2.42. The number of aliphatic hydroxyl groups is 1. The van der Waals surface area contributed by atoms with Gasteiger partial charge in [0.15, 0.2) is 20.4 Å². The van der Waals surface area contributed by atoms with Crippen LogP contribution in [0.1, 0.15) is 109 Å². The van der Waals surface area contributed by atoms with Gasteiger partial charge in [-0.3, -0.25) is 4.79 Å². The van der Waals surface area contributed by atoms with Crippen LogP contribution in [0.4, 0.5) is 0 Å². The second-order valence-corrected chi connectivity index (χ2v) is 22.3. The molecule has 2 unspecified atom stereocenters. The smallest absolute Gasteiger partial charge is 0.340 e. The summed E-state index contributed by atoms with van der Waals surface area (Å²) in [5, 5.41) is 11.5. The zero-order chi connectivity index (χ0) is 38.8. The Kier molecular flexibility index (Phi) is 14.8. The minimum Gasteiger partial charge on any atom is -0.456 e. The van der Waals surface area contributed by atoms with E-state index in [1.54, 1.807) is 40.9 Å². The molecule has 10 nitrogen and oxygen atoms in total. The Morgan fingerprint density at radius 2 is 1.70 bits per heavy atom. The predicted molar refractivity (Wildman–Crippen MR) is 200 cm³/mol. The first-order chi connectivity index (χ1) is 22.6. The molecule has 0 aromatic carbocycles. The van der Waals surface area contributed by atoms with Crippen molar-refractivity contribution in [1.29, 1.82) is 0 Å². The quantitative estimate of drug-likeness (QED) is 0.0982. The lowest BCUT2D eigenvalue weighted by atomic mass is 9.79. The minimum absolute atomic E-state index is 0.0186. The summed E-state index contributed by atoms with van der Waals surface area (Å²) in [6.45, 7) is 29.5. The highest BCUT2D eigenvalue weighted by Gasteiger charge is 2.49. The lowest BCUT2D eigenvalue weighted by Gasteiger charge is -2.48. The molecule has 290 valence electrons. The van der Waals surface area contributed by atoms with Crippen molar-refractivity contribution in [3.8, 4) is 0 Å². The number of hydrogen-bond donors (Lipinski definition) is 1. The number of methoxy groups -OCH3 is 1. The molecule has 50 heavy (non-hydrogen) atoms. The topological polar surface area (TPSA) is 113 Å². The minimum atomic E-state index is -2.17. The van der Waals surface area contributed by atoms with Crippen LogP contribution >= 0.6 is 0 Å². The van der Waals surface area contributed by atoms with Crippen LogP contribution in [-0.4, -0.2) is 98.9 Å². The maximum absolute atomic E-state index is 13.8. The zero-order valence-corrected chi connectivity index (χ0v) is 35.6. The van der Waals surface area contributed by atoms with Crippen molar-refractivity contribution >= 4 is 20.1 Å². The van der Waals surface area contributed by atoms with Crippen LogP contribution in [0.2, 0.25) is 18.1 Å². The Bertz CT molecular complexity index is 1240. The number of esters is 1. The third-order valence-corrected chi connectivity index (χ3v) is 15.8. The molecule has 0 bridgehead atoms. The summed E-state index contributed by atoms with van der Waals surface area (Å²) in [5.41, 5.74) is -2.01. The van der Waals surface area contributed by atoms with E-state index >= 15 is 0 Å². The molecule has 2 aliphatic heterocycles. The highest BCUT2D eigenvalue weighted by atomic mass is 28.4. The van der Waals surface area contributed by atoms with Gasteiger partial charge in [0.1, 0.15) is 11.4 Å². The molecule has 0 amide bonds. The van der Waals surface area contributed by atoms with Crippen LogP contribution in [0.25, 0.3) is 0 Å². The molecule has 2 rings (SSSR count). The monoisotopic (exact) mass is 725 g/mol. The van der Waals surface area contributed by atoms with E-state index in [1.807, 2.05) is 34.6 Å². The number of carbonyl (C=O) groups excluding carboxylic acids is 2. The lowest BCUT2D eigenvalue weighted by Crippen LogP contribution is -2.56. The van der Waals surface area contributed by atoms with E-state index in [0.717, 1.165) is 6.42 Å². The Morgan fingerprint density at radius 3 is 2.20 bits per heavy atom. The van der Waals surface area contributed by atoms with Gasteiger partial charge < -0.3 is 38.1 Å². The van der Waals surface area contributed by atoms with Gasteiger partial charge in [-0.25, -0.2) is 4.79 Å². The van der Waals surface area contributed by atoms with Crippen LogP contribution in [0.5, 0.6) is 0 Å². The van der Waals surface area contributed by atoms with Crippen molar-refractivity contribution in [3.05, 3.63) is 23.5 Å². The summed E-state index contributed by atoms with van der Waals surface area (Å²) in [7, 11) is 3.57. The summed E-state index contributed by atoms with van der Waals surface area (Å²) in [6, 6.07) is 0.222. The fourth-order valence-corrected chi connectivity index (χ4v) is 8.42. The van der Waals surface area contributed by atoms with Gasteiger partial charge in [-0.15, -0.1) is 0 Å². The van der Waals surface area contributed by atoms with Crippen LogP contribution in [-0.2, 0) is 37.7 Å². The molecule has 2 heterocycles. The molecule has 0 aromatic heterocycles. The number of nitrogens with zero attached hydrogens (tertiary/aromatic N) is 1. The number of ketones is 1. The molecule has 10 atom stereocenters. The molecule has 1 fully saturated rings. The molecule has 1 N–H and O–H groups in total. The second kappa shape index (κ2) is 16.6. The highest BCUT2D eigenvalue weighted by molar-refractivity contribution is 6.74. The summed E-state index contributed by atoms with van der Waals surface area (Å²) in [5.74, 6) is -2.27. The van der Waals surface area contributed by atoms with Gasteiger partial charge in [-0.2, -0.15) is 0 Å². The third-order valence-electron chi connectivity index (χ3n) is 11.3. The maximum Gasteiger partial charge on any atom is 0.340 e. The van der Waals surface area contributed by atoms with E-state index in [2.05, 4.69) is 59.8 Å². The zero-order valence-electron chi connectivity index (χ0n) is 34.6. The molecule has 11 heteroatoms. The van der Waals surface area contributed by atoms with E-state index < -0.39 is 61.6 Å². The van der Waals surface area contributed by atoms with Crippen LogP contribution in [0.3, 0.4) is 0 Å². The Labute approximate surface area is 304 Å². The van der Waals surface area contributed by atoms with Crippen molar-refractivity contribution in [2.45, 2.75) is 175 Å². The van der Waals surface area contributed by atoms with Gasteiger partial charge in [0, 0.05) is 44.8 Å². The van der Waals surface area contributed by atoms with Crippen molar-refractivity contribution in [2.24, 2.45) is 17.8 Å². The summed E-state index contributed by atoms with van der Waals surface area (Å²) in [6.07, 6.45) is 3.03. The molecule has 0 spiro atoms. The van der Waals surface area contributed by atoms with Crippen molar-refractivity contribution < 1.29 is 42.8 Å². The van der Waals surface area contributed by atoms with Crippen molar-refractivity contribution in [2.75, 3.05) is 21.2 Å². The average Bonchev–Trinajstić information content (AvgIpc) is 2.99. The van der Waals surface area contributed by atoms with E-state index in [9.17, 15) is 14.7 Å². The SMILES string of the molecule is CC[C@@H](O[Si](C)(C)C(C)(C)C)[C@@](C)(O)/C=C/C(=O)[C@H](C)C[C@@](C)(OC)[C@H](O[C@@H]1O[C@H](C)CC(N(C)C)C1C)[C@@H](C)C1=C(C)C(=O)OC(C)(C)O1. The Morgan fingerprint density at radius 1 is 1.12 bits per heavy atom. The van der Waals surface area contributed by atoms with E-state index in [-0.39, 0.29) is 35.3 Å². The molecule has 0 radical (unpaired) electrons. The fraction of sp³-hybridized carbons (Fsp3) is 0.846. The molecule has 0 aromatic rings. The number of cyclic esters (lactones) is 1. The fourth-order valence-electron chi connectivity index (χ4n) is 6.95. The van der Waals surface area contributed by atoms with Crippen molar-refractivity contribution in [1.82, 2.24) is 4.90 Å². The number of ether oxygens (including phenoxy) is 5. The van der Waals surface area contributed by atoms with Gasteiger partial charge in [0.2, 0.25) is 5.79 Å². The summed E-state index contributed by atoms with van der Waals surface area (Å²) < 4.78 is 38.1. The molecule has 0 aliphatic carbocycles. The number of allylic oxidation sites excluding steroid dienone is 1. The Hall–Kier alpha value is -1.60. The summed E-state index contributed by atoms with van der Waals surface area (Å²) >= 11 is 0. The van der Waals surface area contributed by atoms with Crippen molar-refractivity contribution in [3.63, 3.8) is 0 Å². The van der Waals surface area contributed by atoms with Gasteiger partial charge >= 0.3 is 5.97 Å². The molecular formula is C39H71NO9Si. The molecular weight excluding hydrogens is 655 g/mol. The van der Waals surface area contributed by atoms with E-state index in [0.29, 0.717) is 17.8 Å². The number of carbonyl (C=O) groups is 2. The first-order valence-corrected chi connectivity index (χ1v) is 21.3. The predicted octanol–water partition coefficient (Wildman–Crippen LogP) is 7.40. The normalized spacial score (nSPS) is 28.4. The van der Waals surface area contributed by atoms with E-state index in [4.69, 9.17) is 28.1 Å². The van der Waals surface area contributed by atoms with Crippen LogP contribution in [0, 0.1) is 17.8 Å². The molecule has 2 aliphatic rings. The maximum atomic E-state index is 13.8.